The van der Waals surface area contributed by atoms with E-state index >= 15 is 0 Å². The van der Waals surface area contributed by atoms with Crippen molar-refractivity contribution in [2.75, 3.05) is 32.7 Å². The molecule has 0 aliphatic rings. The Kier molecular flexibility index (Phi) is 8.01. The number of carbonyl (C=O) groups excluding carboxylic acids is 1. The molecule has 0 radical (unpaired) electrons. The molecular weight excluding hydrogens is 188 g/mol. The Hall–Kier alpha value is -0.830. The van der Waals surface area contributed by atoms with E-state index in [9.17, 15) is 4.79 Å². The third-order valence-corrected chi connectivity index (χ3v) is 2.66. The van der Waals surface area contributed by atoms with Gasteiger partial charge in [-0.3, -0.25) is 4.79 Å². The Morgan fingerprint density at radius 3 is 2.13 bits per heavy atom. The van der Waals surface area contributed by atoms with Crippen LogP contribution in [-0.4, -0.2) is 48.4 Å². The first-order valence-corrected chi connectivity index (χ1v) is 5.83. The molecule has 0 saturated heterocycles. The van der Waals surface area contributed by atoms with E-state index in [1.807, 2.05) is 11.8 Å². The lowest BCUT2D eigenvalue weighted by Gasteiger charge is -2.22. The zero-order valence-corrected chi connectivity index (χ0v) is 10.3. The van der Waals surface area contributed by atoms with E-state index in [1.165, 1.54) is 6.08 Å². The molecule has 0 fully saturated rings. The van der Waals surface area contributed by atoms with Gasteiger partial charge in [0.2, 0.25) is 5.91 Å². The number of hydrogen-bond acceptors (Lipinski definition) is 2. The van der Waals surface area contributed by atoms with Gasteiger partial charge in [0, 0.05) is 13.1 Å². The van der Waals surface area contributed by atoms with Gasteiger partial charge in [0.1, 0.15) is 0 Å². The molecule has 0 bridgehead atoms. The smallest absolute Gasteiger partial charge is 0.245 e. The number of likely N-dealkylation sites (N-methyl/N-ethyl adjacent to an activating group) is 1. The van der Waals surface area contributed by atoms with E-state index < -0.39 is 0 Å². The van der Waals surface area contributed by atoms with Gasteiger partial charge in [0.05, 0.1) is 0 Å². The first-order chi connectivity index (χ1) is 7.19. The Bertz CT molecular complexity index is 188. The van der Waals surface area contributed by atoms with Crippen LogP contribution >= 0.6 is 0 Å². The Balaban J connectivity index is 3.81. The number of amides is 1. The number of hydrogen-bond donors (Lipinski definition) is 0. The summed E-state index contributed by atoms with van der Waals surface area (Å²) in [6, 6.07) is 0. The van der Waals surface area contributed by atoms with Crippen LogP contribution in [0.25, 0.3) is 0 Å². The van der Waals surface area contributed by atoms with Gasteiger partial charge in [0.25, 0.3) is 0 Å². The van der Waals surface area contributed by atoms with Crippen molar-refractivity contribution in [3.05, 3.63) is 12.7 Å². The molecule has 88 valence electrons. The molecular formula is C12H24N2O. The van der Waals surface area contributed by atoms with Gasteiger partial charge in [-0.2, -0.15) is 0 Å². The summed E-state index contributed by atoms with van der Waals surface area (Å²) >= 11 is 0. The van der Waals surface area contributed by atoms with Crippen molar-refractivity contribution in [2.24, 2.45) is 0 Å². The lowest BCUT2D eigenvalue weighted by Crippen LogP contribution is -2.33. The van der Waals surface area contributed by atoms with Crippen LogP contribution in [0.2, 0.25) is 0 Å². The first kappa shape index (κ1) is 14.2. The van der Waals surface area contributed by atoms with Crippen molar-refractivity contribution >= 4 is 5.91 Å². The maximum atomic E-state index is 11.4. The largest absolute Gasteiger partial charge is 0.339 e. The Labute approximate surface area is 93.7 Å². The van der Waals surface area contributed by atoms with Gasteiger partial charge in [-0.05, 0) is 39.1 Å². The average molecular weight is 212 g/mol. The van der Waals surface area contributed by atoms with Crippen LogP contribution < -0.4 is 0 Å². The van der Waals surface area contributed by atoms with Crippen molar-refractivity contribution in [1.29, 1.82) is 0 Å². The van der Waals surface area contributed by atoms with Crippen LogP contribution in [0.3, 0.4) is 0 Å². The minimum Gasteiger partial charge on any atom is -0.339 e. The van der Waals surface area contributed by atoms with Crippen molar-refractivity contribution in [3.8, 4) is 0 Å². The highest BCUT2D eigenvalue weighted by Crippen LogP contribution is 1.96. The molecule has 15 heavy (non-hydrogen) atoms. The molecule has 0 rings (SSSR count). The predicted molar refractivity (Wildman–Crippen MR) is 64.9 cm³/mol. The Morgan fingerprint density at radius 2 is 1.73 bits per heavy atom. The van der Waals surface area contributed by atoms with E-state index in [4.69, 9.17) is 0 Å². The molecule has 0 N–H and O–H groups in total. The summed E-state index contributed by atoms with van der Waals surface area (Å²) < 4.78 is 0. The molecule has 3 nitrogen and oxygen atoms in total. The minimum absolute atomic E-state index is 0.0389. The summed E-state index contributed by atoms with van der Waals surface area (Å²) in [6.45, 7) is 14.7. The standard InChI is InChI=1S/C12H24N2O/c1-5-12(15)14(8-4)11-9-10-13(6-2)7-3/h5H,1,6-11H2,2-4H3. The molecule has 0 spiro atoms. The van der Waals surface area contributed by atoms with Crippen LogP contribution in [0, 0.1) is 0 Å². The van der Waals surface area contributed by atoms with Gasteiger partial charge < -0.3 is 9.80 Å². The second kappa shape index (κ2) is 8.48. The SMILES string of the molecule is C=CC(=O)N(CC)CCCN(CC)CC. The molecule has 0 saturated carbocycles. The third kappa shape index (κ3) is 5.57. The highest BCUT2D eigenvalue weighted by atomic mass is 16.2. The van der Waals surface area contributed by atoms with E-state index in [2.05, 4.69) is 25.3 Å². The highest BCUT2D eigenvalue weighted by Gasteiger charge is 2.07. The topological polar surface area (TPSA) is 23.6 Å². The lowest BCUT2D eigenvalue weighted by molar-refractivity contribution is -0.125. The maximum Gasteiger partial charge on any atom is 0.245 e. The lowest BCUT2D eigenvalue weighted by atomic mass is 10.3. The van der Waals surface area contributed by atoms with Crippen LogP contribution in [0.15, 0.2) is 12.7 Å². The molecule has 0 atom stereocenters. The summed E-state index contributed by atoms with van der Waals surface area (Å²) in [5.74, 6) is 0.0389. The molecule has 0 unspecified atom stereocenters. The highest BCUT2D eigenvalue weighted by molar-refractivity contribution is 5.86. The fraction of sp³-hybridized carbons (Fsp3) is 0.750. The number of carbonyl (C=O) groups is 1. The van der Waals surface area contributed by atoms with E-state index in [0.29, 0.717) is 0 Å². The van der Waals surface area contributed by atoms with Crippen LogP contribution in [0.5, 0.6) is 0 Å². The summed E-state index contributed by atoms with van der Waals surface area (Å²) in [4.78, 5) is 15.5. The van der Waals surface area contributed by atoms with Gasteiger partial charge in [-0.1, -0.05) is 20.4 Å². The van der Waals surface area contributed by atoms with Crippen LogP contribution in [-0.2, 0) is 4.79 Å². The number of nitrogens with zero attached hydrogens (tertiary/aromatic N) is 2. The zero-order chi connectivity index (χ0) is 11.7. The molecule has 3 heteroatoms. The van der Waals surface area contributed by atoms with E-state index in [-0.39, 0.29) is 5.91 Å². The van der Waals surface area contributed by atoms with Gasteiger partial charge in [-0.25, -0.2) is 0 Å². The van der Waals surface area contributed by atoms with Crippen molar-refractivity contribution in [3.63, 3.8) is 0 Å². The molecule has 0 aromatic heterocycles. The molecule has 1 amide bonds. The molecule has 0 aromatic rings. The summed E-state index contributed by atoms with van der Waals surface area (Å²) in [5, 5.41) is 0. The summed E-state index contributed by atoms with van der Waals surface area (Å²) in [5.41, 5.74) is 0. The average Bonchev–Trinajstić information content (AvgIpc) is 2.28. The van der Waals surface area contributed by atoms with Gasteiger partial charge in [-0.15, -0.1) is 0 Å². The minimum atomic E-state index is 0.0389. The first-order valence-electron chi connectivity index (χ1n) is 5.83. The van der Waals surface area contributed by atoms with E-state index in [0.717, 1.165) is 39.1 Å². The molecule has 0 aliphatic heterocycles. The van der Waals surface area contributed by atoms with Crippen molar-refractivity contribution in [1.82, 2.24) is 9.80 Å². The third-order valence-electron chi connectivity index (χ3n) is 2.66. The van der Waals surface area contributed by atoms with Crippen LogP contribution in [0.4, 0.5) is 0 Å². The second-order valence-electron chi connectivity index (χ2n) is 3.50. The molecule has 0 aliphatic carbocycles. The fourth-order valence-corrected chi connectivity index (χ4v) is 1.58. The van der Waals surface area contributed by atoms with E-state index in [1.54, 1.807) is 0 Å². The van der Waals surface area contributed by atoms with Crippen molar-refractivity contribution < 1.29 is 4.79 Å². The monoisotopic (exact) mass is 212 g/mol. The van der Waals surface area contributed by atoms with Crippen molar-refractivity contribution in [2.45, 2.75) is 27.2 Å². The molecule has 0 aromatic carbocycles. The van der Waals surface area contributed by atoms with Gasteiger partial charge >= 0.3 is 0 Å². The zero-order valence-electron chi connectivity index (χ0n) is 10.3. The summed E-state index contributed by atoms with van der Waals surface area (Å²) in [7, 11) is 0. The predicted octanol–water partition coefficient (Wildman–Crippen LogP) is 1.75. The normalized spacial score (nSPS) is 10.4. The van der Waals surface area contributed by atoms with Gasteiger partial charge in [0.15, 0.2) is 0 Å². The van der Waals surface area contributed by atoms with Crippen LogP contribution in [0.1, 0.15) is 27.2 Å². The quantitative estimate of drug-likeness (QED) is 0.572. The molecule has 0 heterocycles. The second-order valence-corrected chi connectivity index (χ2v) is 3.50. The maximum absolute atomic E-state index is 11.4. The fourth-order valence-electron chi connectivity index (χ4n) is 1.58. The number of rotatable bonds is 8. The summed E-state index contributed by atoms with van der Waals surface area (Å²) in [6.07, 6.45) is 2.43. The Morgan fingerprint density at radius 1 is 1.13 bits per heavy atom.